The number of nitrogens with zero attached hydrogens (tertiary/aromatic N) is 1. The van der Waals surface area contributed by atoms with Crippen molar-refractivity contribution in [1.82, 2.24) is 0 Å². The zero-order chi connectivity index (χ0) is 20.8. The number of aryl methyl sites for hydroxylation is 1. The minimum Gasteiger partial charge on any atom is -0.423 e. The van der Waals surface area contributed by atoms with Crippen LogP contribution < -0.4 is 14.0 Å². The first-order chi connectivity index (χ1) is 12.4. The van der Waals surface area contributed by atoms with Crippen molar-refractivity contribution in [1.29, 1.82) is 0 Å². The fourth-order valence-electron chi connectivity index (χ4n) is 1.97. The Kier molecular flexibility index (Phi) is 7.77. The number of hydrogen-bond donors (Lipinski definition) is 0. The molecule has 2 aromatic rings. The number of esters is 2. The van der Waals surface area contributed by atoms with Crippen LogP contribution >= 0.6 is 11.6 Å². The first-order valence-corrected chi connectivity index (χ1v) is 7.78. The molecule has 146 valence electrons. The van der Waals surface area contributed by atoms with Gasteiger partial charge in [-0.05, 0) is 18.2 Å². The van der Waals surface area contributed by atoms with Crippen molar-refractivity contribution < 1.29 is 40.9 Å². The maximum Gasteiger partial charge on any atom is 0.673 e. The van der Waals surface area contributed by atoms with E-state index < -0.39 is 19.2 Å². The van der Waals surface area contributed by atoms with Gasteiger partial charge < -0.3 is 26.7 Å². The molecule has 0 bridgehead atoms. The number of ether oxygens (including phenoxy) is 2. The van der Waals surface area contributed by atoms with Crippen LogP contribution in [-0.2, 0) is 16.6 Å². The van der Waals surface area contributed by atoms with Gasteiger partial charge in [0.2, 0.25) is 5.69 Å². The van der Waals surface area contributed by atoms with Crippen LogP contribution in [0.25, 0.3) is 11.3 Å². The highest BCUT2D eigenvalue weighted by Crippen LogP contribution is 2.32. The fraction of sp³-hybridized carbons (Fsp3) is 0.188. The van der Waals surface area contributed by atoms with Crippen molar-refractivity contribution in [3.63, 3.8) is 0 Å². The number of pyridine rings is 1. The fourth-order valence-corrected chi connectivity index (χ4v) is 2.13. The van der Waals surface area contributed by atoms with Crippen LogP contribution in [-0.4, -0.2) is 19.2 Å². The zero-order valence-corrected chi connectivity index (χ0v) is 15.3. The third-order valence-corrected chi connectivity index (χ3v) is 3.09. The van der Waals surface area contributed by atoms with Gasteiger partial charge >= 0.3 is 19.2 Å². The molecule has 0 spiro atoms. The molecule has 1 heterocycles. The van der Waals surface area contributed by atoms with E-state index in [1.54, 1.807) is 30.3 Å². The third kappa shape index (κ3) is 8.54. The van der Waals surface area contributed by atoms with Crippen LogP contribution in [0.3, 0.4) is 0 Å². The zero-order valence-electron chi connectivity index (χ0n) is 14.5. The van der Waals surface area contributed by atoms with E-state index in [0.29, 0.717) is 5.02 Å². The van der Waals surface area contributed by atoms with Gasteiger partial charge in [0.25, 0.3) is 0 Å². The molecule has 11 heteroatoms. The van der Waals surface area contributed by atoms with Gasteiger partial charge in [-0.2, -0.15) is 0 Å². The minimum atomic E-state index is -6.00. The molecule has 0 atom stereocenters. The normalized spacial score (nSPS) is 10.5. The molecule has 0 saturated heterocycles. The van der Waals surface area contributed by atoms with Gasteiger partial charge in [0.1, 0.15) is 7.05 Å². The van der Waals surface area contributed by atoms with Gasteiger partial charge in [-0.15, -0.1) is 0 Å². The summed E-state index contributed by atoms with van der Waals surface area (Å²) in [5, 5.41) is 0.589. The number of rotatable bonds is 3. The summed E-state index contributed by atoms with van der Waals surface area (Å²) in [6.45, 7) is 2.56. The van der Waals surface area contributed by atoms with E-state index in [4.69, 9.17) is 21.1 Å². The summed E-state index contributed by atoms with van der Waals surface area (Å²) in [4.78, 5) is 22.4. The summed E-state index contributed by atoms with van der Waals surface area (Å²) >= 11 is 6.02. The SMILES string of the molecule is CC(=O)Oc1ccc(-c2cc(Cl)cc[n+]2C)cc1OC(C)=O.F[B-](F)(F)F. The molecule has 27 heavy (non-hydrogen) atoms. The first kappa shape index (κ1) is 22.4. The van der Waals surface area contributed by atoms with E-state index in [0.717, 1.165) is 11.3 Å². The highest BCUT2D eigenvalue weighted by molar-refractivity contribution is 6.50. The lowest BCUT2D eigenvalue weighted by atomic mass is 10.1. The van der Waals surface area contributed by atoms with Crippen LogP contribution in [0.5, 0.6) is 11.5 Å². The largest absolute Gasteiger partial charge is 0.673 e. The highest BCUT2D eigenvalue weighted by atomic mass is 35.5. The van der Waals surface area contributed by atoms with Gasteiger partial charge in [0.05, 0.1) is 10.6 Å². The van der Waals surface area contributed by atoms with Gasteiger partial charge in [0.15, 0.2) is 17.7 Å². The van der Waals surface area contributed by atoms with Crippen molar-refractivity contribution in [3.8, 4) is 22.8 Å². The molecular formula is C16H15BClF4NO4. The average molecular weight is 408 g/mol. The summed E-state index contributed by atoms with van der Waals surface area (Å²) in [5.41, 5.74) is 1.60. The second kappa shape index (κ2) is 9.36. The molecule has 1 aromatic carbocycles. The number of halogens is 5. The predicted octanol–water partition coefficient (Wildman–Crippen LogP) is 3.98. The number of carbonyl (C=O) groups is 2. The van der Waals surface area contributed by atoms with Gasteiger partial charge in [-0.25, -0.2) is 4.57 Å². The molecule has 5 nitrogen and oxygen atoms in total. The summed E-state index contributed by atoms with van der Waals surface area (Å²) < 4.78 is 51.0. The number of benzene rings is 1. The van der Waals surface area contributed by atoms with Crippen LogP contribution in [0.1, 0.15) is 13.8 Å². The monoisotopic (exact) mass is 407 g/mol. The smallest absolute Gasteiger partial charge is 0.423 e. The van der Waals surface area contributed by atoms with Crippen LogP contribution in [0, 0.1) is 0 Å². The van der Waals surface area contributed by atoms with E-state index in [-0.39, 0.29) is 11.5 Å². The lowest BCUT2D eigenvalue weighted by Gasteiger charge is -2.10. The number of carbonyl (C=O) groups excluding carboxylic acids is 2. The lowest BCUT2D eigenvalue weighted by molar-refractivity contribution is -0.660. The Morgan fingerprint density at radius 2 is 1.48 bits per heavy atom. The molecule has 1 aromatic heterocycles. The van der Waals surface area contributed by atoms with Crippen LogP contribution in [0.15, 0.2) is 36.5 Å². The number of hydrogen-bond acceptors (Lipinski definition) is 4. The Morgan fingerprint density at radius 3 is 2.00 bits per heavy atom. The Morgan fingerprint density at radius 1 is 0.963 bits per heavy atom. The second-order valence-electron chi connectivity index (χ2n) is 5.18. The summed E-state index contributed by atoms with van der Waals surface area (Å²) in [6, 6.07) is 8.53. The van der Waals surface area contributed by atoms with Crippen molar-refractivity contribution in [2.75, 3.05) is 0 Å². The molecule has 0 amide bonds. The average Bonchev–Trinajstić information content (AvgIpc) is 2.49. The van der Waals surface area contributed by atoms with Gasteiger partial charge in [-0.1, -0.05) is 11.6 Å². The molecule has 0 fully saturated rings. The van der Waals surface area contributed by atoms with Crippen molar-refractivity contribution in [2.45, 2.75) is 13.8 Å². The van der Waals surface area contributed by atoms with Crippen LogP contribution in [0.4, 0.5) is 17.3 Å². The van der Waals surface area contributed by atoms with E-state index in [2.05, 4.69) is 0 Å². The van der Waals surface area contributed by atoms with Crippen LogP contribution in [0.2, 0.25) is 5.02 Å². The van der Waals surface area contributed by atoms with E-state index in [9.17, 15) is 26.9 Å². The minimum absolute atomic E-state index is 0.181. The summed E-state index contributed by atoms with van der Waals surface area (Å²) in [7, 11) is -4.13. The molecule has 0 saturated carbocycles. The quantitative estimate of drug-likeness (QED) is 0.254. The van der Waals surface area contributed by atoms with E-state index in [1.807, 2.05) is 17.8 Å². The van der Waals surface area contributed by atoms with Crippen molar-refractivity contribution in [3.05, 3.63) is 41.6 Å². The van der Waals surface area contributed by atoms with Gasteiger partial charge in [-0.3, -0.25) is 9.59 Å². The molecule has 0 aliphatic heterocycles. The molecule has 0 N–H and O–H groups in total. The summed E-state index contributed by atoms with van der Waals surface area (Å²) in [5.74, 6) is -0.619. The maximum atomic E-state index is 11.2. The molecule has 0 aliphatic carbocycles. The highest BCUT2D eigenvalue weighted by Gasteiger charge is 2.20. The Balaban J connectivity index is 0.000000646. The Labute approximate surface area is 157 Å². The van der Waals surface area contributed by atoms with E-state index >= 15 is 0 Å². The molecular weight excluding hydrogens is 392 g/mol. The van der Waals surface area contributed by atoms with E-state index in [1.165, 1.54) is 13.8 Å². The maximum absolute atomic E-state index is 11.2. The Bertz CT molecular complexity index is 840. The molecule has 0 unspecified atom stereocenters. The van der Waals surface area contributed by atoms with Crippen molar-refractivity contribution >= 4 is 30.8 Å². The molecule has 2 rings (SSSR count). The standard InChI is InChI=1S/C16H15ClNO4.BF4/c1-10(19)21-15-5-4-12(8-16(15)22-11(2)20)14-9-13(17)6-7-18(14)3;2-1(3,4)5/h4-9H,1-3H3;/q+1;-1. The summed E-state index contributed by atoms with van der Waals surface area (Å²) in [6.07, 6.45) is 1.82. The van der Waals surface area contributed by atoms with Crippen molar-refractivity contribution in [2.24, 2.45) is 7.05 Å². The third-order valence-electron chi connectivity index (χ3n) is 2.86. The lowest BCUT2D eigenvalue weighted by Crippen LogP contribution is -2.30. The Hall–Kier alpha value is -2.62. The second-order valence-corrected chi connectivity index (χ2v) is 5.62. The first-order valence-electron chi connectivity index (χ1n) is 7.40. The predicted molar refractivity (Wildman–Crippen MR) is 90.9 cm³/mol. The number of aromatic nitrogens is 1. The molecule has 0 aliphatic rings. The molecule has 0 radical (unpaired) electrons. The van der Waals surface area contributed by atoms with Gasteiger partial charge in [0, 0.05) is 26.0 Å². The topological polar surface area (TPSA) is 56.5 Å².